The molecule has 0 aliphatic rings. The zero-order valence-corrected chi connectivity index (χ0v) is 11.0. The number of ketones is 1. The van der Waals surface area contributed by atoms with Gasteiger partial charge in [0.1, 0.15) is 5.82 Å². The lowest BCUT2D eigenvalue weighted by Gasteiger charge is -2.09. The normalized spacial score (nSPS) is 10.3. The first-order valence-electron chi connectivity index (χ1n) is 5.43. The topological polar surface area (TPSA) is 60.9 Å². The van der Waals surface area contributed by atoms with Crippen LogP contribution in [0.4, 0.5) is 5.82 Å². The molecule has 0 aliphatic heterocycles. The molecule has 2 aromatic rings. The highest BCUT2D eigenvalue weighted by molar-refractivity contribution is 7.71. The number of nitrogens with zero attached hydrogens (tertiary/aromatic N) is 2. The van der Waals surface area contributed by atoms with Gasteiger partial charge in [0, 0.05) is 18.8 Å². The molecule has 1 aromatic heterocycles. The van der Waals surface area contributed by atoms with E-state index in [2.05, 4.69) is 4.98 Å². The summed E-state index contributed by atoms with van der Waals surface area (Å²) in [4.78, 5) is 16.3. The van der Waals surface area contributed by atoms with Crippen LogP contribution in [0.1, 0.15) is 21.5 Å². The highest BCUT2D eigenvalue weighted by Gasteiger charge is 2.14. The van der Waals surface area contributed by atoms with Crippen LogP contribution in [0.3, 0.4) is 0 Å². The summed E-state index contributed by atoms with van der Waals surface area (Å²) >= 11 is 4.98. The van der Waals surface area contributed by atoms with E-state index in [9.17, 15) is 4.79 Å². The smallest absolute Gasteiger partial charge is 0.200 e. The van der Waals surface area contributed by atoms with Crippen molar-refractivity contribution in [1.82, 2.24) is 9.55 Å². The lowest BCUT2D eigenvalue weighted by atomic mass is 10.0. The fraction of sp³-hybridized carbons (Fsp3) is 0.154. The Kier molecular flexibility index (Phi) is 3.25. The monoisotopic (exact) mass is 259 g/mol. The Morgan fingerprint density at radius 1 is 1.33 bits per heavy atom. The molecule has 0 radical (unpaired) electrons. The number of benzene rings is 1. The first kappa shape index (κ1) is 12.4. The van der Waals surface area contributed by atoms with Gasteiger partial charge in [0.2, 0.25) is 4.77 Å². The molecule has 5 heteroatoms. The van der Waals surface area contributed by atoms with Crippen molar-refractivity contribution in [1.29, 1.82) is 0 Å². The van der Waals surface area contributed by atoms with Gasteiger partial charge in [0.05, 0.1) is 5.56 Å². The Bertz CT molecular complexity index is 659. The zero-order chi connectivity index (χ0) is 13.3. The van der Waals surface area contributed by atoms with Gasteiger partial charge < -0.3 is 10.3 Å². The summed E-state index contributed by atoms with van der Waals surface area (Å²) in [5, 5.41) is 0. The van der Waals surface area contributed by atoms with Gasteiger partial charge in [-0.05, 0) is 19.1 Å². The van der Waals surface area contributed by atoms with E-state index in [1.54, 1.807) is 19.2 Å². The molecule has 0 unspecified atom stereocenters. The largest absolute Gasteiger partial charge is 0.384 e. The maximum Gasteiger partial charge on any atom is 0.200 e. The lowest BCUT2D eigenvalue weighted by molar-refractivity contribution is 0.103. The van der Waals surface area contributed by atoms with Gasteiger partial charge in [0.15, 0.2) is 5.78 Å². The van der Waals surface area contributed by atoms with E-state index in [0.29, 0.717) is 21.7 Å². The van der Waals surface area contributed by atoms with Gasteiger partial charge in [-0.25, -0.2) is 4.98 Å². The van der Waals surface area contributed by atoms with Crippen LogP contribution in [0.15, 0.2) is 30.5 Å². The molecule has 92 valence electrons. The number of aromatic nitrogens is 2. The van der Waals surface area contributed by atoms with Crippen molar-refractivity contribution in [3.63, 3.8) is 0 Å². The Morgan fingerprint density at radius 3 is 2.56 bits per heavy atom. The Balaban J connectivity index is 2.50. The minimum atomic E-state index is -0.148. The van der Waals surface area contributed by atoms with Crippen molar-refractivity contribution in [2.75, 3.05) is 5.73 Å². The second-order valence-electron chi connectivity index (χ2n) is 4.09. The summed E-state index contributed by atoms with van der Waals surface area (Å²) in [6.45, 7) is 1.97. The average molecular weight is 259 g/mol. The Labute approximate surface area is 110 Å². The second kappa shape index (κ2) is 4.70. The number of carbonyl (C=O) groups excluding carboxylic acids is 1. The first-order valence-corrected chi connectivity index (χ1v) is 5.84. The molecule has 0 fully saturated rings. The van der Waals surface area contributed by atoms with Crippen molar-refractivity contribution >= 4 is 23.8 Å². The molecule has 1 aromatic carbocycles. The summed E-state index contributed by atoms with van der Waals surface area (Å²) in [6.07, 6.45) is 1.43. The van der Waals surface area contributed by atoms with Crippen LogP contribution in [0.5, 0.6) is 0 Å². The molecule has 0 aliphatic carbocycles. The first-order chi connectivity index (χ1) is 8.50. The third-order valence-electron chi connectivity index (χ3n) is 2.79. The van der Waals surface area contributed by atoms with E-state index in [-0.39, 0.29) is 5.78 Å². The van der Waals surface area contributed by atoms with E-state index in [4.69, 9.17) is 18.0 Å². The van der Waals surface area contributed by atoms with Crippen LogP contribution in [0.2, 0.25) is 0 Å². The van der Waals surface area contributed by atoms with Gasteiger partial charge in [-0.15, -0.1) is 0 Å². The second-order valence-corrected chi connectivity index (χ2v) is 4.46. The number of hydrogen-bond donors (Lipinski definition) is 1. The molecular formula is C13H13N3OS. The van der Waals surface area contributed by atoms with Crippen molar-refractivity contribution in [2.24, 2.45) is 7.05 Å². The maximum absolute atomic E-state index is 12.3. The predicted molar refractivity (Wildman–Crippen MR) is 73.1 cm³/mol. The van der Waals surface area contributed by atoms with E-state index in [1.165, 1.54) is 10.8 Å². The molecule has 4 nitrogen and oxygen atoms in total. The van der Waals surface area contributed by atoms with Gasteiger partial charge in [-0.2, -0.15) is 0 Å². The molecular weight excluding hydrogens is 246 g/mol. The van der Waals surface area contributed by atoms with Crippen LogP contribution in [0.25, 0.3) is 0 Å². The number of nitrogens with two attached hydrogens (primary N) is 1. The molecule has 18 heavy (non-hydrogen) atoms. The lowest BCUT2D eigenvalue weighted by Crippen LogP contribution is -2.12. The van der Waals surface area contributed by atoms with Crippen molar-refractivity contribution < 1.29 is 4.79 Å². The summed E-state index contributed by atoms with van der Waals surface area (Å²) < 4.78 is 1.88. The van der Waals surface area contributed by atoms with Crippen molar-refractivity contribution in [3.8, 4) is 0 Å². The fourth-order valence-corrected chi connectivity index (χ4v) is 1.74. The highest BCUT2D eigenvalue weighted by atomic mass is 32.1. The fourth-order valence-electron chi connectivity index (χ4n) is 1.59. The van der Waals surface area contributed by atoms with E-state index in [1.807, 2.05) is 19.1 Å². The number of anilines is 1. The molecule has 0 saturated heterocycles. The van der Waals surface area contributed by atoms with Crippen molar-refractivity contribution in [2.45, 2.75) is 6.92 Å². The number of carbonyl (C=O) groups is 1. The SMILES string of the molecule is Cc1ccc(C(=O)c2cnc(=S)n(C)c2N)cc1. The molecule has 0 spiro atoms. The summed E-state index contributed by atoms with van der Waals surface area (Å²) in [7, 11) is 1.69. The van der Waals surface area contributed by atoms with E-state index >= 15 is 0 Å². The molecule has 0 atom stereocenters. The van der Waals surface area contributed by atoms with Gasteiger partial charge in [-0.1, -0.05) is 29.8 Å². The standard InChI is InChI=1S/C13H13N3OS/c1-8-3-5-9(6-4-8)11(17)10-7-15-13(18)16(2)12(10)14/h3-7H,14H2,1-2H3. The quantitative estimate of drug-likeness (QED) is 0.664. The molecule has 0 amide bonds. The van der Waals surface area contributed by atoms with Crippen LogP contribution in [-0.4, -0.2) is 15.3 Å². The summed E-state index contributed by atoms with van der Waals surface area (Å²) in [5.74, 6) is 0.186. The van der Waals surface area contributed by atoms with Crippen molar-refractivity contribution in [3.05, 3.63) is 51.9 Å². The van der Waals surface area contributed by atoms with Crippen LogP contribution < -0.4 is 5.73 Å². The Hall–Kier alpha value is -2.01. The van der Waals surface area contributed by atoms with Crippen LogP contribution in [0, 0.1) is 11.7 Å². The zero-order valence-electron chi connectivity index (χ0n) is 10.2. The number of rotatable bonds is 2. The van der Waals surface area contributed by atoms with Gasteiger partial charge in [-0.3, -0.25) is 4.79 Å². The maximum atomic E-state index is 12.3. The third kappa shape index (κ3) is 2.17. The van der Waals surface area contributed by atoms with Gasteiger partial charge in [0.25, 0.3) is 0 Å². The summed E-state index contributed by atoms with van der Waals surface area (Å²) in [5.41, 5.74) is 7.95. The van der Waals surface area contributed by atoms with E-state index < -0.39 is 0 Å². The van der Waals surface area contributed by atoms with Gasteiger partial charge >= 0.3 is 0 Å². The van der Waals surface area contributed by atoms with E-state index in [0.717, 1.165) is 5.56 Å². The number of hydrogen-bond acceptors (Lipinski definition) is 4. The minimum Gasteiger partial charge on any atom is -0.384 e. The molecule has 2 N–H and O–H groups in total. The third-order valence-corrected chi connectivity index (χ3v) is 3.17. The molecule has 1 heterocycles. The summed E-state index contributed by atoms with van der Waals surface area (Å²) in [6, 6.07) is 7.33. The van der Waals surface area contributed by atoms with Crippen LogP contribution >= 0.6 is 12.2 Å². The highest BCUT2D eigenvalue weighted by Crippen LogP contribution is 2.15. The molecule has 2 rings (SSSR count). The Morgan fingerprint density at radius 2 is 1.94 bits per heavy atom. The minimum absolute atomic E-state index is 0.148. The predicted octanol–water partition coefficient (Wildman–Crippen LogP) is 2.27. The number of nitrogen functional groups attached to an aromatic ring is 1. The van der Waals surface area contributed by atoms with Crippen LogP contribution in [-0.2, 0) is 7.05 Å². The molecule has 0 bridgehead atoms. The average Bonchev–Trinajstić information content (AvgIpc) is 2.36. The molecule has 0 saturated carbocycles. The number of aryl methyl sites for hydroxylation is 1.